The second-order valence-electron chi connectivity index (χ2n) is 4.71. The van der Waals surface area contributed by atoms with Crippen LogP contribution in [0, 0.1) is 11.6 Å². The fourth-order valence-electron chi connectivity index (χ4n) is 2.08. The highest BCUT2D eigenvalue weighted by Gasteiger charge is 2.18. The van der Waals surface area contributed by atoms with Crippen LogP contribution in [0.3, 0.4) is 0 Å². The molecule has 0 fully saturated rings. The molecule has 0 aliphatic carbocycles. The SMILES string of the molecule is CCNC(CN(C)CCOCC)c1cccc(F)c1F. The van der Waals surface area contributed by atoms with Crippen LogP contribution in [0.2, 0.25) is 0 Å². The molecule has 1 unspecified atom stereocenters. The number of nitrogens with zero attached hydrogens (tertiary/aromatic N) is 1. The first-order valence-corrected chi connectivity index (χ1v) is 7.03. The predicted molar refractivity (Wildman–Crippen MR) is 76.8 cm³/mol. The molecule has 5 heteroatoms. The summed E-state index contributed by atoms with van der Waals surface area (Å²) < 4.78 is 32.5. The molecule has 1 rings (SSSR count). The Balaban J connectivity index is 2.70. The van der Waals surface area contributed by atoms with E-state index in [4.69, 9.17) is 4.74 Å². The fraction of sp³-hybridized carbons (Fsp3) is 0.600. The van der Waals surface area contributed by atoms with E-state index in [-0.39, 0.29) is 6.04 Å². The molecule has 0 radical (unpaired) electrons. The Bertz CT molecular complexity index is 401. The van der Waals surface area contributed by atoms with Gasteiger partial charge in [0.25, 0.3) is 0 Å². The Hall–Kier alpha value is -1.04. The van der Waals surface area contributed by atoms with E-state index in [1.54, 1.807) is 6.07 Å². The van der Waals surface area contributed by atoms with E-state index in [9.17, 15) is 8.78 Å². The molecule has 0 amide bonds. The summed E-state index contributed by atoms with van der Waals surface area (Å²) >= 11 is 0. The first-order valence-electron chi connectivity index (χ1n) is 7.03. The molecule has 0 aliphatic rings. The minimum atomic E-state index is -0.803. The standard InChI is InChI=1S/C15H24F2N2O/c1-4-18-14(11-19(3)9-10-20-5-2)12-7-6-8-13(16)15(12)17/h6-8,14,18H,4-5,9-11H2,1-3H3. The Morgan fingerprint density at radius 2 is 2.05 bits per heavy atom. The summed E-state index contributed by atoms with van der Waals surface area (Å²) in [5, 5.41) is 3.20. The summed E-state index contributed by atoms with van der Waals surface area (Å²) in [5.74, 6) is -1.57. The van der Waals surface area contributed by atoms with Gasteiger partial charge in [-0.1, -0.05) is 19.1 Å². The minimum Gasteiger partial charge on any atom is -0.380 e. The van der Waals surface area contributed by atoms with Crippen molar-refractivity contribution in [1.29, 1.82) is 0 Å². The van der Waals surface area contributed by atoms with Gasteiger partial charge >= 0.3 is 0 Å². The van der Waals surface area contributed by atoms with E-state index < -0.39 is 11.6 Å². The van der Waals surface area contributed by atoms with Crippen LogP contribution in [0.5, 0.6) is 0 Å². The van der Waals surface area contributed by atoms with Gasteiger partial charge in [0.2, 0.25) is 0 Å². The average Bonchev–Trinajstić information content (AvgIpc) is 2.42. The van der Waals surface area contributed by atoms with E-state index in [0.29, 0.717) is 31.9 Å². The van der Waals surface area contributed by atoms with Crippen molar-refractivity contribution in [3.63, 3.8) is 0 Å². The van der Waals surface area contributed by atoms with Crippen LogP contribution in [0.15, 0.2) is 18.2 Å². The highest BCUT2D eigenvalue weighted by atomic mass is 19.2. The number of hydrogen-bond acceptors (Lipinski definition) is 3. The molecule has 1 N–H and O–H groups in total. The van der Waals surface area contributed by atoms with Crippen molar-refractivity contribution in [2.75, 3.05) is 39.9 Å². The van der Waals surface area contributed by atoms with Gasteiger partial charge in [0.05, 0.1) is 6.61 Å². The average molecular weight is 286 g/mol. The van der Waals surface area contributed by atoms with Gasteiger partial charge in [0.1, 0.15) is 0 Å². The van der Waals surface area contributed by atoms with Crippen molar-refractivity contribution in [2.45, 2.75) is 19.9 Å². The van der Waals surface area contributed by atoms with Crippen LogP contribution in [0.4, 0.5) is 8.78 Å². The van der Waals surface area contributed by atoms with Crippen LogP contribution in [-0.2, 0) is 4.74 Å². The summed E-state index contributed by atoms with van der Waals surface area (Å²) in [4.78, 5) is 2.05. The van der Waals surface area contributed by atoms with E-state index in [1.807, 2.05) is 25.8 Å². The molecule has 0 aromatic heterocycles. The third-order valence-electron chi connectivity index (χ3n) is 3.12. The lowest BCUT2D eigenvalue weighted by Gasteiger charge is -2.25. The predicted octanol–water partition coefficient (Wildman–Crippen LogP) is 2.58. The first kappa shape index (κ1) is 17.0. The second kappa shape index (κ2) is 9.00. The lowest BCUT2D eigenvalue weighted by molar-refractivity contribution is 0.118. The highest BCUT2D eigenvalue weighted by molar-refractivity contribution is 5.23. The summed E-state index contributed by atoms with van der Waals surface area (Å²) in [6.45, 7) is 7.27. The highest BCUT2D eigenvalue weighted by Crippen LogP contribution is 2.20. The maximum Gasteiger partial charge on any atom is 0.163 e. The van der Waals surface area contributed by atoms with Gasteiger partial charge < -0.3 is 15.0 Å². The van der Waals surface area contributed by atoms with Crippen LogP contribution in [-0.4, -0.2) is 44.8 Å². The molecule has 0 saturated carbocycles. The monoisotopic (exact) mass is 286 g/mol. The molecule has 3 nitrogen and oxygen atoms in total. The molecule has 114 valence electrons. The Labute approximate surface area is 119 Å². The third kappa shape index (κ3) is 5.15. The number of likely N-dealkylation sites (N-methyl/N-ethyl adjacent to an activating group) is 2. The lowest BCUT2D eigenvalue weighted by atomic mass is 10.1. The van der Waals surface area contributed by atoms with E-state index in [2.05, 4.69) is 5.32 Å². The number of ether oxygens (including phenoxy) is 1. The van der Waals surface area contributed by atoms with Crippen LogP contribution in [0.1, 0.15) is 25.5 Å². The molecule has 1 aromatic carbocycles. The Kier molecular flexibility index (Phi) is 7.65. The lowest BCUT2D eigenvalue weighted by Crippen LogP contribution is -2.35. The summed E-state index contributed by atoms with van der Waals surface area (Å²) in [6, 6.07) is 4.07. The number of halogens is 2. The summed E-state index contributed by atoms with van der Waals surface area (Å²) in [7, 11) is 1.95. The summed E-state index contributed by atoms with van der Waals surface area (Å²) in [6.07, 6.45) is 0. The zero-order valence-corrected chi connectivity index (χ0v) is 12.5. The molecule has 0 bridgehead atoms. The first-order chi connectivity index (χ1) is 9.60. The van der Waals surface area contributed by atoms with Crippen LogP contribution in [0.25, 0.3) is 0 Å². The number of hydrogen-bond donors (Lipinski definition) is 1. The Morgan fingerprint density at radius 3 is 2.70 bits per heavy atom. The van der Waals surface area contributed by atoms with E-state index >= 15 is 0 Å². The Morgan fingerprint density at radius 1 is 1.30 bits per heavy atom. The number of benzene rings is 1. The molecule has 0 aliphatic heterocycles. The van der Waals surface area contributed by atoms with Crippen molar-refractivity contribution in [3.8, 4) is 0 Å². The quantitative estimate of drug-likeness (QED) is 0.706. The molecule has 0 saturated heterocycles. The third-order valence-corrected chi connectivity index (χ3v) is 3.12. The maximum absolute atomic E-state index is 13.9. The van der Waals surface area contributed by atoms with Gasteiger partial charge in [0, 0.05) is 31.3 Å². The van der Waals surface area contributed by atoms with Gasteiger partial charge in [-0.15, -0.1) is 0 Å². The van der Waals surface area contributed by atoms with Gasteiger partial charge in [0.15, 0.2) is 11.6 Å². The van der Waals surface area contributed by atoms with Gasteiger partial charge in [-0.25, -0.2) is 8.78 Å². The second-order valence-corrected chi connectivity index (χ2v) is 4.71. The van der Waals surface area contributed by atoms with Gasteiger partial charge in [-0.3, -0.25) is 0 Å². The van der Waals surface area contributed by atoms with Crippen molar-refractivity contribution in [3.05, 3.63) is 35.4 Å². The molecular weight excluding hydrogens is 262 g/mol. The largest absolute Gasteiger partial charge is 0.380 e. The molecule has 20 heavy (non-hydrogen) atoms. The normalized spacial score (nSPS) is 12.9. The zero-order valence-electron chi connectivity index (χ0n) is 12.5. The molecule has 0 heterocycles. The van der Waals surface area contributed by atoms with Crippen molar-refractivity contribution >= 4 is 0 Å². The summed E-state index contributed by atoms with van der Waals surface area (Å²) in [5.41, 5.74) is 0.370. The number of rotatable bonds is 9. The smallest absolute Gasteiger partial charge is 0.163 e. The topological polar surface area (TPSA) is 24.5 Å². The minimum absolute atomic E-state index is 0.234. The van der Waals surface area contributed by atoms with E-state index in [0.717, 1.165) is 12.6 Å². The van der Waals surface area contributed by atoms with E-state index in [1.165, 1.54) is 6.07 Å². The molecular formula is C15H24F2N2O. The maximum atomic E-state index is 13.9. The van der Waals surface area contributed by atoms with Crippen LogP contribution >= 0.6 is 0 Å². The van der Waals surface area contributed by atoms with Crippen LogP contribution < -0.4 is 5.32 Å². The fourth-order valence-corrected chi connectivity index (χ4v) is 2.08. The van der Waals surface area contributed by atoms with Gasteiger partial charge in [-0.2, -0.15) is 0 Å². The van der Waals surface area contributed by atoms with Crippen molar-refractivity contribution in [2.24, 2.45) is 0 Å². The van der Waals surface area contributed by atoms with Gasteiger partial charge in [-0.05, 0) is 26.6 Å². The molecule has 0 spiro atoms. The molecule has 1 atom stereocenters. The van der Waals surface area contributed by atoms with Crippen molar-refractivity contribution < 1.29 is 13.5 Å². The van der Waals surface area contributed by atoms with Crippen molar-refractivity contribution in [1.82, 2.24) is 10.2 Å². The molecule has 1 aromatic rings. The number of nitrogens with one attached hydrogen (secondary N) is 1. The zero-order chi connectivity index (χ0) is 15.0.